The van der Waals surface area contributed by atoms with E-state index in [2.05, 4.69) is 100 Å². The molecule has 3 aliphatic heterocycles. The van der Waals surface area contributed by atoms with E-state index in [0.29, 0.717) is 63.5 Å². The van der Waals surface area contributed by atoms with Gasteiger partial charge in [-0.05, 0) is 143 Å². The topological polar surface area (TPSA) is 63.2 Å². The van der Waals surface area contributed by atoms with Gasteiger partial charge in [-0.2, -0.15) is 8.75 Å². The van der Waals surface area contributed by atoms with Gasteiger partial charge in [-0.25, -0.2) is 17.6 Å². The SMILES string of the molecule is CCCCC(CC)CN1C(=O)c2c(c(-c3ccc(-c4cc5c(s4)-c4sc(-c6c(F)c(F)c(-c7cc8c(s7)-c7sc(C)cc7[Si]8(CC(CC)CCCC)CC(CC)CCCC)c(F)c6F)cc4[Si]5(CC(CC)CCCC)CC(CC)CCCC)s3)c3nsnc3c2-c2ccc(C)s2)C1=O. The van der Waals surface area contributed by atoms with Gasteiger partial charge in [0.1, 0.15) is 27.2 Å². The number of fused-ring (bicyclic) bond motifs is 8. The van der Waals surface area contributed by atoms with Crippen LogP contribution in [0.3, 0.4) is 0 Å². The number of hydrogen-bond donors (Lipinski definition) is 0. The van der Waals surface area contributed by atoms with E-state index >= 15 is 27.2 Å². The van der Waals surface area contributed by atoms with Gasteiger partial charge in [0.2, 0.25) is 0 Å². The molecule has 9 aromatic rings. The minimum atomic E-state index is -2.87. The largest absolute Gasteiger partial charge is 0.274 e. The van der Waals surface area contributed by atoms with E-state index in [0.717, 1.165) is 209 Å². The maximum Gasteiger partial charge on any atom is 0.262 e. The monoisotopic (exact) mass is 1490 g/mol. The van der Waals surface area contributed by atoms with Gasteiger partial charge >= 0.3 is 0 Å². The third-order valence-electron chi connectivity index (χ3n) is 22.7. The molecule has 5 unspecified atom stereocenters. The molecule has 0 fully saturated rings. The second kappa shape index (κ2) is 31.4. The van der Waals surface area contributed by atoms with Crippen molar-refractivity contribution in [3.8, 4) is 71.0 Å². The first-order valence-corrected chi connectivity index (χ1v) is 47.6. The lowest BCUT2D eigenvalue weighted by molar-refractivity contribution is 0.0624. The predicted molar refractivity (Wildman–Crippen MR) is 423 cm³/mol. The molecule has 0 bridgehead atoms. The van der Waals surface area contributed by atoms with E-state index in [4.69, 9.17) is 8.75 Å². The second-order valence-corrected chi connectivity index (χ2v) is 44.4. The first-order valence-electron chi connectivity index (χ1n) is 37.2. The van der Waals surface area contributed by atoms with Crippen molar-refractivity contribution in [3.05, 3.63) is 92.7 Å². The van der Waals surface area contributed by atoms with Gasteiger partial charge < -0.3 is 0 Å². The van der Waals surface area contributed by atoms with Gasteiger partial charge in [-0.3, -0.25) is 14.5 Å². The summed E-state index contributed by atoms with van der Waals surface area (Å²) in [4.78, 5) is 42.8. The van der Waals surface area contributed by atoms with Crippen LogP contribution < -0.4 is 20.7 Å². The molecule has 10 heterocycles. The van der Waals surface area contributed by atoms with Crippen molar-refractivity contribution in [2.75, 3.05) is 6.54 Å². The number of carbonyl (C=O) groups excluding carboxylic acids is 2. The highest BCUT2D eigenvalue weighted by Gasteiger charge is 2.53. The van der Waals surface area contributed by atoms with Crippen LogP contribution in [-0.4, -0.2) is 48.2 Å². The van der Waals surface area contributed by atoms with Gasteiger partial charge in [0.15, 0.2) is 23.3 Å². The van der Waals surface area contributed by atoms with Crippen molar-refractivity contribution in [1.29, 1.82) is 0 Å². The van der Waals surface area contributed by atoms with Gasteiger partial charge in [0, 0.05) is 76.2 Å². The molecular formula is C80H99F4N3O2S7Si2. The molecule has 12 rings (SSSR count). The van der Waals surface area contributed by atoms with Crippen molar-refractivity contribution >= 4 is 139 Å². The standard InChI is InChI=1S/C80H99F4N3O2S7Si2/c1-13-23-28-48(18-6)41-87-79(88)67-63(54-34-33-46(11)90-54)73-74(86-96-85-73)64(68(67)80(87)89)55-36-35-53(92-55)56-38-60-77(93-56)78-62(98(60,44-51(21-9)31-26-16-4)45-52(22-10)32-27-17-5)40-58(95-78)66-71(83)69(81)65(70(82)72(66)84)57-39-61-76(94-57)75-59(37-47(12)91-75)97(61,42-49(19-7)29-24-14-2)43-50(20-8)30-25-15-3/h33-40,48-52H,13-32,41-45H2,1-12H3. The molecule has 0 aliphatic carbocycles. The summed E-state index contributed by atoms with van der Waals surface area (Å²) in [5.74, 6) is -3.85. The van der Waals surface area contributed by atoms with Crippen LogP contribution in [0.15, 0.2) is 48.5 Å². The molecule has 524 valence electrons. The molecule has 7 aromatic heterocycles. The number of aryl methyl sites for hydroxylation is 2. The van der Waals surface area contributed by atoms with E-state index in [1.165, 1.54) is 52.9 Å². The van der Waals surface area contributed by atoms with Crippen LogP contribution in [0.2, 0.25) is 24.2 Å². The normalized spacial score (nSPS) is 17.9. The number of hydrogen-bond acceptors (Lipinski definition) is 11. The number of amides is 2. The van der Waals surface area contributed by atoms with Crippen LogP contribution in [0.25, 0.3) is 82.1 Å². The van der Waals surface area contributed by atoms with Gasteiger partial charge in [-0.1, -0.05) is 191 Å². The summed E-state index contributed by atoms with van der Waals surface area (Å²) >= 11 is 10.4. The Hall–Kier alpha value is -4.25. The minimum Gasteiger partial charge on any atom is -0.274 e. The summed E-state index contributed by atoms with van der Waals surface area (Å²) in [5.41, 5.74) is 2.18. The van der Waals surface area contributed by atoms with Gasteiger partial charge in [-0.15, -0.1) is 68.0 Å². The number of carbonyl (C=O) groups is 2. The van der Waals surface area contributed by atoms with Crippen LogP contribution in [-0.2, 0) is 0 Å². The van der Waals surface area contributed by atoms with Crippen molar-refractivity contribution in [2.45, 2.75) is 236 Å². The fraction of sp³-hybridized carbons (Fsp3) is 0.525. The Labute approximate surface area is 610 Å². The van der Waals surface area contributed by atoms with E-state index in [1.807, 2.05) is 31.2 Å². The summed E-state index contributed by atoms with van der Waals surface area (Å²) < 4.78 is 81.4. The number of halogens is 4. The second-order valence-electron chi connectivity index (χ2n) is 29.0. The summed E-state index contributed by atoms with van der Waals surface area (Å²) in [6.07, 6.45) is 21.3. The third-order valence-corrected chi connectivity index (χ3v) is 41.9. The van der Waals surface area contributed by atoms with E-state index in [9.17, 15) is 0 Å². The average Bonchev–Trinajstić information content (AvgIpc) is 1.55. The maximum absolute atomic E-state index is 17.9. The zero-order valence-corrected chi connectivity index (χ0v) is 67.4. The zero-order chi connectivity index (χ0) is 69.5. The molecule has 0 saturated carbocycles. The Balaban J connectivity index is 0.995. The summed E-state index contributed by atoms with van der Waals surface area (Å²) in [6, 6.07) is 21.2. The van der Waals surface area contributed by atoms with Crippen LogP contribution in [0, 0.1) is 66.7 Å². The molecule has 2 aromatic carbocycles. The Morgan fingerprint density at radius 2 is 0.724 bits per heavy atom. The number of nitrogens with zero attached hydrogens (tertiary/aromatic N) is 3. The molecule has 0 radical (unpaired) electrons. The molecule has 5 nitrogen and oxygen atoms in total. The van der Waals surface area contributed by atoms with Crippen LogP contribution in [0.1, 0.15) is 228 Å². The highest BCUT2D eigenvalue weighted by Crippen LogP contribution is 2.55. The van der Waals surface area contributed by atoms with Crippen molar-refractivity contribution < 1.29 is 27.2 Å². The lowest BCUT2D eigenvalue weighted by Gasteiger charge is -2.35. The van der Waals surface area contributed by atoms with Gasteiger partial charge in [0.05, 0.1) is 34.0 Å². The van der Waals surface area contributed by atoms with Crippen molar-refractivity contribution in [3.63, 3.8) is 0 Å². The Morgan fingerprint density at radius 1 is 0.378 bits per heavy atom. The van der Waals surface area contributed by atoms with E-state index < -0.39 is 50.5 Å². The number of imide groups is 1. The van der Waals surface area contributed by atoms with Crippen LogP contribution in [0.4, 0.5) is 17.6 Å². The van der Waals surface area contributed by atoms with Crippen LogP contribution >= 0.6 is 79.7 Å². The number of rotatable bonds is 35. The molecule has 0 saturated heterocycles. The quantitative estimate of drug-likeness (QED) is 0.0172. The van der Waals surface area contributed by atoms with Crippen molar-refractivity contribution in [2.24, 2.45) is 29.6 Å². The summed E-state index contributed by atoms with van der Waals surface area (Å²) in [5, 5.41) is 5.19. The third kappa shape index (κ3) is 13.4. The van der Waals surface area contributed by atoms with E-state index in [1.54, 1.807) is 45.3 Å². The van der Waals surface area contributed by atoms with Gasteiger partial charge in [0.25, 0.3) is 11.8 Å². The Kier molecular flexibility index (Phi) is 23.5. The summed E-state index contributed by atoms with van der Waals surface area (Å²) in [7, 11) is -5.42. The first kappa shape index (κ1) is 73.5. The number of unbranched alkanes of at least 4 members (excludes halogenated alkanes) is 5. The molecule has 18 heteroatoms. The molecule has 0 spiro atoms. The molecular weight excluding hydrogens is 1390 g/mol. The average molecular weight is 1490 g/mol. The molecule has 98 heavy (non-hydrogen) atoms. The fourth-order valence-electron chi connectivity index (χ4n) is 17.1. The number of benzene rings is 2. The molecule has 5 atom stereocenters. The molecule has 0 N–H and O–H groups in total. The predicted octanol–water partition coefficient (Wildman–Crippen LogP) is 25.3. The lowest BCUT2D eigenvalue weighted by Crippen LogP contribution is -2.56. The molecule has 3 aliphatic rings. The first-order chi connectivity index (χ1) is 47.4. The Morgan fingerprint density at radius 3 is 1.11 bits per heavy atom. The fourth-order valence-corrected chi connectivity index (χ4v) is 40.5. The maximum atomic E-state index is 17.9. The Bertz CT molecular complexity index is 4290. The summed E-state index contributed by atoms with van der Waals surface area (Å²) in [6.45, 7) is 27.1. The number of aromatic nitrogens is 2. The minimum absolute atomic E-state index is 0.173. The smallest absolute Gasteiger partial charge is 0.262 e. The zero-order valence-electron chi connectivity index (χ0n) is 59.7. The van der Waals surface area contributed by atoms with E-state index in [-0.39, 0.29) is 27.5 Å². The van der Waals surface area contributed by atoms with Crippen LogP contribution in [0.5, 0.6) is 0 Å². The highest BCUT2D eigenvalue weighted by atomic mass is 32.1. The van der Waals surface area contributed by atoms with Crippen molar-refractivity contribution in [1.82, 2.24) is 13.6 Å². The molecule has 2 amide bonds. The number of thiophene rings is 6. The highest BCUT2D eigenvalue weighted by molar-refractivity contribution is 7.33. The lowest BCUT2D eigenvalue weighted by atomic mass is 9.93.